The van der Waals surface area contributed by atoms with Gasteiger partial charge in [0.05, 0.1) is 11.4 Å². The molecule has 1 atom stereocenters. The van der Waals surface area contributed by atoms with Gasteiger partial charge in [0.15, 0.2) is 5.03 Å². The predicted molar refractivity (Wildman–Crippen MR) is 73.4 cm³/mol. The third kappa shape index (κ3) is 2.66. The van der Waals surface area contributed by atoms with Crippen LogP contribution in [-0.4, -0.2) is 18.6 Å². The Morgan fingerprint density at radius 1 is 1.40 bits per heavy atom. The molecule has 0 aliphatic heterocycles. The quantitative estimate of drug-likeness (QED) is 0.880. The molecular weight excluding hydrogens is 280 g/mol. The zero-order valence-electron chi connectivity index (χ0n) is 11.4. The molecule has 2 aromatic heterocycles. The highest BCUT2D eigenvalue weighted by Crippen LogP contribution is 2.23. The molecule has 1 unspecified atom stereocenters. The van der Waals surface area contributed by atoms with Crippen LogP contribution in [0.3, 0.4) is 0 Å². The van der Waals surface area contributed by atoms with Crippen LogP contribution in [0.15, 0.2) is 27.9 Å². The summed E-state index contributed by atoms with van der Waals surface area (Å²) >= 11 is 0. The van der Waals surface area contributed by atoms with Crippen LogP contribution in [0, 0.1) is 13.8 Å². The number of nitrogens with zero attached hydrogens (tertiary/aromatic N) is 2. The fraction of sp³-hybridized carbons (Fsp3) is 0.333. The van der Waals surface area contributed by atoms with Crippen LogP contribution in [0.25, 0.3) is 0 Å². The van der Waals surface area contributed by atoms with Crippen LogP contribution in [-0.2, 0) is 10.0 Å². The minimum absolute atomic E-state index is 0.103. The number of sulfonamides is 1. The minimum Gasteiger partial charge on any atom is -0.396 e. The summed E-state index contributed by atoms with van der Waals surface area (Å²) in [5.41, 5.74) is 7.11. The van der Waals surface area contributed by atoms with Crippen molar-refractivity contribution in [3.63, 3.8) is 0 Å². The SMILES string of the molecule is Cc1noc(C)c1C(C)NS(=O)(=O)c1ncccc1N. The summed E-state index contributed by atoms with van der Waals surface area (Å²) in [6, 6.07) is 2.57. The maximum atomic E-state index is 12.3. The summed E-state index contributed by atoms with van der Waals surface area (Å²) in [6.45, 7) is 5.20. The molecule has 0 fully saturated rings. The van der Waals surface area contributed by atoms with Gasteiger partial charge in [-0.15, -0.1) is 0 Å². The van der Waals surface area contributed by atoms with Gasteiger partial charge in [-0.1, -0.05) is 5.16 Å². The van der Waals surface area contributed by atoms with Crippen LogP contribution in [0.1, 0.15) is 30.0 Å². The van der Waals surface area contributed by atoms with E-state index in [1.54, 1.807) is 26.8 Å². The van der Waals surface area contributed by atoms with Gasteiger partial charge in [-0.3, -0.25) is 0 Å². The van der Waals surface area contributed by atoms with Crippen molar-refractivity contribution in [3.8, 4) is 0 Å². The van der Waals surface area contributed by atoms with Crippen molar-refractivity contribution < 1.29 is 12.9 Å². The lowest BCUT2D eigenvalue weighted by molar-refractivity contribution is 0.391. The molecule has 2 heterocycles. The van der Waals surface area contributed by atoms with Crippen LogP contribution in [0.5, 0.6) is 0 Å². The molecule has 8 heteroatoms. The molecule has 0 radical (unpaired) electrons. The Labute approximate surface area is 117 Å². The van der Waals surface area contributed by atoms with E-state index in [2.05, 4.69) is 14.9 Å². The highest BCUT2D eigenvalue weighted by atomic mass is 32.2. The van der Waals surface area contributed by atoms with E-state index in [-0.39, 0.29) is 10.7 Å². The summed E-state index contributed by atoms with van der Waals surface area (Å²) in [4.78, 5) is 3.81. The van der Waals surface area contributed by atoms with E-state index < -0.39 is 16.1 Å². The molecule has 0 bridgehead atoms. The van der Waals surface area contributed by atoms with Crippen molar-refractivity contribution in [3.05, 3.63) is 35.3 Å². The second-order valence-electron chi connectivity index (χ2n) is 4.48. The topological polar surface area (TPSA) is 111 Å². The zero-order chi connectivity index (χ0) is 14.9. The van der Waals surface area contributed by atoms with E-state index in [0.717, 1.165) is 0 Å². The van der Waals surface area contributed by atoms with Crippen molar-refractivity contribution in [1.82, 2.24) is 14.9 Å². The van der Waals surface area contributed by atoms with E-state index >= 15 is 0 Å². The molecule has 0 aliphatic carbocycles. The number of hydrogen-bond donors (Lipinski definition) is 2. The highest BCUT2D eigenvalue weighted by Gasteiger charge is 2.25. The highest BCUT2D eigenvalue weighted by molar-refractivity contribution is 7.89. The summed E-state index contributed by atoms with van der Waals surface area (Å²) in [5.74, 6) is 0.576. The number of aromatic nitrogens is 2. The first-order chi connectivity index (χ1) is 9.33. The van der Waals surface area contributed by atoms with Gasteiger partial charge in [0, 0.05) is 17.8 Å². The Kier molecular flexibility index (Phi) is 3.78. The van der Waals surface area contributed by atoms with Gasteiger partial charge < -0.3 is 10.3 Å². The normalized spacial score (nSPS) is 13.3. The molecule has 3 N–H and O–H groups in total. The van der Waals surface area contributed by atoms with E-state index in [1.165, 1.54) is 12.3 Å². The average molecular weight is 296 g/mol. The first-order valence-corrected chi connectivity index (χ1v) is 7.47. The van der Waals surface area contributed by atoms with E-state index in [0.29, 0.717) is 17.0 Å². The minimum atomic E-state index is -3.81. The van der Waals surface area contributed by atoms with Gasteiger partial charge in [-0.25, -0.2) is 18.1 Å². The third-order valence-corrected chi connectivity index (χ3v) is 4.42. The maximum Gasteiger partial charge on any atom is 0.260 e. The van der Waals surface area contributed by atoms with Gasteiger partial charge >= 0.3 is 0 Å². The number of nitrogens with one attached hydrogen (secondary N) is 1. The predicted octanol–water partition coefficient (Wildman–Crippen LogP) is 1.31. The Bertz CT molecular complexity index is 705. The van der Waals surface area contributed by atoms with E-state index in [1.807, 2.05) is 0 Å². The number of pyridine rings is 1. The molecule has 0 amide bonds. The zero-order valence-corrected chi connectivity index (χ0v) is 12.2. The first kappa shape index (κ1) is 14.5. The molecule has 0 spiro atoms. The van der Waals surface area contributed by atoms with Crippen LogP contribution in [0.4, 0.5) is 5.69 Å². The van der Waals surface area contributed by atoms with E-state index in [4.69, 9.17) is 10.3 Å². The van der Waals surface area contributed by atoms with Crippen molar-refractivity contribution in [2.24, 2.45) is 0 Å². The van der Waals surface area contributed by atoms with Crippen molar-refractivity contribution >= 4 is 15.7 Å². The molecule has 0 aromatic carbocycles. The van der Waals surface area contributed by atoms with Gasteiger partial charge in [-0.2, -0.15) is 0 Å². The van der Waals surface area contributed by atoms with Crippen molar-refractivity contribution in [2.45, 2.75) is 31.8 Å². The monoisotopic (exact) mass is 296 g/mol. The fourth-order valence-electron chi connectivity index (χ4n) is 2.08. The largest absolute Gasteiger partial charge is 0.396 e. The Morgan fingerprint density at radius 2 is 2.10 bits per heavy atom. The van der Waals surface area contributed by atoms with Gasteiger partial charge in [0.1, 0.15) is 5.76 Å². The molecule has 0 aliphatic rings. The van der Waals surface area contributed by atoms with Gasteiger partial charge in [0.25, 0.3) is 10.0 Å². The standard InChI is InChI=1S/C12H16N4O3S/c1-7-11(9(3)19-15-7)8(2)16-20(17,18)12-10(13)5-4-6-14-12/h4-6,8,16H,13H2,1-3H3. The van der Waals surface area contributed by atoms with Crippen LogP contribution in [0.2, 0.25) is 0 Å². The lowest BCUT2D eigenvalue weighted by atomic mass is 10.1. The van der Waals surface area contributed by atoms with Crippen LogP contribution < -0.4 is 10.5 Å². The smallest absolute Gasteiger partial charge is 0.260 e. The number of nitrogen functional groups attached to an aromatic ring is 1. The summed E-state index contributed by atoms with van der Waals surface area (Å²) < 4.78 is 32.1. The van der Waals surface area contributed by atoms with Gasteiger partial charge in [0.2, 0.25) is 0 Å². The Hall–Kier alpha value is -1.93. The Morgan fingerprint density at radius 3 is 2.65 bits per heavy atom. The summed E-state index contributed by atoms with van der Waals surface area (Å²) in [5, 5.41) is 3.63. The molecule has 0 saturated heterocycles. The first-order valence-electron chi connectivity index (χ1n) is 5.98. The number of rotatable bonds is 4. The number of aryl methyl sites for hydroxylation is 2. The Balaban J connectivity index is 2.32. The molecule has 2 aromatic rings. The summed E-state index contributed by atoms with van der Waals surface area (Å²) in [7, 11) is -3.81. The fourth-order valence-corrected chi connectivity index (χ4v) is 3.36. The molecule has 7 nitrogen and oxygen atoms in total. The molecular formula is C12H16N4O3S. The maximum absolute atomic E-state index is 12.3. The van der Waals surface area contributed by atoms with E-state index in [9.17, 15) is 8.42 Å². The van der Waals surface area contributed by atoms with Crippen molar-refractivity contribution in [1.29, 1.82) is 0 Å². The lowest BCUT2D eigenvalue weighted by Gasteiger charge is -2.14. The molecule has 2 rings (SSSR count). The van der Waals surface area contributed by atoms with Crippen molar-refractivity contribution in [2.75, 3.05) is 5.73 Å². The number of anilines is 1. The second-order valence-corrected chi connectivity index (χ2v) is 6.11. The number of nitrogens with two attached hydrogens (primary N) is 1. The second kappa shape index (κ2) is 5.22. The number of hydrogen-bond acceptors (Lipinski definition) is 6. The van der Waals surface area contributed by atoms with Crippen LogP contribution >= 0.6 is 0 Å². The average Bonchev–Trinajstić information content (AvgIpc) is 2.68. The van der Waals surface area contributed by atoms with Gasteiger partial charge in [-0.05, 0) is 32.9 Å². The molecule has 20 heavy (non-hydrogen) atoms. The lowest BCUT2D eigenvalue weighted by Crippen LogP contribution is -2.28. The summed E-state index contributed by atoms with van der Waals surface area (Å²) in [6.07, 6.45) is 1.38. The molecule has 108 valence electrons. The molecule has 0 saturated carbocycles. The third-order valence-electron chi connectivity index (χ3n) is 2.91.